The molecule has 1 saturated carbocycles. The zero-order valence-electron chi connectivity index (χ0n) is 16.2. The molecule has 1 aliphatic carbocycles. The highest BCUT2D eigenvalue weighted by molar-refractivity contribution is 5.92. The molecule has 1 heterocycles. The van der Waals surface area contributed by atoms with E-state index in [0.29, 0.717) is 6.07 Å². The molecule has 1 aliphatic rings. The smallest absolute Gasteiger partial charge is 0.281 e. The molecule has 0 radical (unpaired) electrons. The van der Waals surface area contributed by atoms with Gasteiger partial charge in [0.1, 0.15) is 17.1 Å². The number of imidazole rings is 1. The van der Waals surface area contributed by atoms with Crippen molar-refractivity contribution in [3.05, 3.63) is 23.3 Å². The van der Waals surface area contributed by atoms with Gasteiger partial charge in [0.2, 0.25) is 11.9 Å². The zero-order chi connectivity index (χ0) is 21.9. The van der Waals surface area contributed by atoms with Gasteiger partial charge in [-0.05, 0) is 33.8 Å². The van der Waals surface area contributed by atoms with Crippen molar-refractivity contribution in [2.45, 2.75) is 57.7 Å². The number of benzene rings is 1. The van der Waals surface area contributed by atoms with E-state index in [0.717, 1.165) is 6.92 Å². The molecule has 1 aromatic heterocycles. The van der Waals surface area contributed by atoms with Crippen molar-refractivity contribution >= 4 is 22.9 Å². The van der Waals surface area contributed by atoms with Gasteiger partial charge in [0.05, 0.1) is 5.56 Å². The van der Waals surface area contributed by atoms with E-state index in [-0.39, 0.29) is 11.5 Å². The number of nitrogens with zero attached hydrogens (tertiary/aromatic N) is 3. The summed E-state index contributed by atoms with van der Waals surface area (Å²) in [6.45, 7) is 5.68. The summed E-state index contributed by atoms with van der Waals surface area (Å²) in [6.07, 6.45) is -1.30. The Kier molecular flexibility index (Phi) is 4.64. The van der Waals surface area contributed by atoms with Crippen molar-refractivity contribution in [3.8, 4) is 6.07 Å². The number of hydrogen-bond acceptors (Lipinski definition) is 3. The number of nitriles is 1. The van der Waals surface area contributed by atoms with Crippen LogP contribution in [0.2, 0.25) is 0 Å². The molecular formula is C19H19F5N4O. The molecule has 0 saturated heterocycles. The Bertz CT molecular complexity index is 1050. The predicted octanol–water partition coefficient (Wildman–Crippen LogP) is 4.65. The van der Waals surface area contributed by atoms with Gasteiger partial charge in [-0.3, -0.25) is 10.1 Å². The minimum atomic E-state index is -3.50. The van der Waals surface area contributed by atoms with E-state index in [1.807, 2.05) is 0 Å². The molecule has 156 valence electrons. The zero-order valence-corrected chi connectivity index (χ0v) is 16.2. The summed E-state index contributed by atoms with van der Waals surface area (Å²) in [6, 6.07) is 2.26. The lowest BCUT2D eigenvalue weighted by atomic mass is 9.67. The Morgan fingerprint density at radius 3 is 2.48 bits per heavy atom. The van der Waals surface area contributed by atoms with E-state index >= 15 is 0 Å². The number of carbonyl (C=O) groups is 1. The normalized spacial score (nSPS) is 23.5. The summed E-state index contributed by atoms with van der Waals surface area (Å²) in [5, 5.41) is 11.4. The lowest BCUT2D eigenvalue weighted by Crippen LogP contribution is -2.60. The van der Waals surface area contributed by atoms with Crippen LogP contribution in [0.1, 0.15) is 46.1 Å². The van der Waals surface area contributed by atoms with Crippen LogP contribution in [-0.4, -0.2) is 27.0 Å². The highest BCUT2D eigenvalue weighted by Crippen LogP contribution is 2.55. The number of nitrogens with one attached hydrogen (secondary N) is 1. The first kappa shape index (κ1) is 21.0. The summed E-state index contributed by atoms with van der Waals surface area (Å²) in [5.74, 6) is -7.68. The van der Waals surface area contributed by atoms with Gasteiger partial charge in [0.25, 0.3) is 5.92 Å². The van der Waals surface area contributed by atoms with Crippen LogP contribution in [0, 0.1) is 28.9 Å². The maximum atomic E-state index is 14.8. The molecule has 1 fully saturated rings. The van der Waals surface area contributed by atoms with Crippen LogP contribution in [-0.2, 0) is 10.3 Å². The van der Waals surface area contributed by atoms with E-state index in [9.17, 15) is 26.7 Å². The van der Waals surface area contributed by atoms with Crippen molar-refractivity contribution in [2.24, 2.45) is 5.92 Å². The van der Waals surface area contributed by atoms with Gasteiger partial charge in [0, 0.05) is 24.3 Å². The lowest BCUT2D eigenvalue weighted by molar-refractivity contribution is -0.242. The third-order valence-electron chi connectivity index (χ3n) is 5.28. The number of alkyl halides is 3. The second kappa shape index (κ2) is 6.40. The number of halogens is 5. The van der Waals surface area contributed by atoms with E-state index in [1.54, 1.807) is 26.8 Å². The Hall–Kier alpha value is -2.70. The Balaban J connectivity index is 2.00. The van der Waals surface area contributed by atoms with Crippen molar-refractivity contribution in [2.75, 3.05) is 5.32 Å². The molecule has 29 heavy (non-hydrogen) atoms. The highest BCUT2D eigenvalue weighted by Gasteiger charge is 2.66. The second-order valence-corrected chi connectivity index (χ2v) is 8.40. The van der Waals surface area contributed by atoms with Crippen molar-refractivity contribution in [1.82, 2.24) is 9.55 Å². The van der Waals surface area contributed by atoms with Crippen LogP contribution in [0.3, 0.4) is 0 Å². The Morgan fingerprint density at radius 1 is 1.38 bits per heavy atom. The summed E-state index contributed by atoms with van der Waals surface area (Å²) < 4.78 is 71.1. The number of fused-ring (bicyclic) bond motifs is 1. The number of rotatable bonds is 3. The number of hydrogen-bond donors (Lipinski definition) is 1. The molecule has 0 aliphatic heterocycles. The minimum absolute atomic E-state index is 0.225. The molecule has 0 spiro atoms. The summed E-state index contributed by atoms with van der Waals surface area (Å²) in [4.78, 5) is 16.3. The van der Waals surface area contributed by atoms with Crippen molar-refractivity contribution < 1.29 is 26.7 Å². The molecule has 1 aromatic carbocycles. The quantitative estimate of drug-likeness (QED) is 0.743. The molecule has 0 bridgehead atoms. The van der Waals surface area contributed by atoms with Crippen LogP contribution in [0.5, 0.6) is 0 Å². The molecule has 2 atom stereocenters. The van der Waals surface area contributed by atoms with Crippen LogP contribution in [0.15, 0.2) is 6.07 Å². The van der Waals surface area contributed by atoms with Crippen LogP contribution >= 0.6 is 0 Å². The van der Waals surface area contributed by atoms with Gasteiger partial charge in [0.15, 0.2) is 17.3 Å². The van der Waals surface area contributed by atoms with E-state index < -0.39 is 64.5 Å². The molecule has 5 nitrogen and oxygen atoms in total. The van der Waals surface area contributed by atoms with Gasteiger partial charge in [-0.25, -0.2) is 26.9 Å². The van der Waals surface area contributed by atoms with E-state index in [2.05, 4.69) is 10.3 Å². The number of aromatic nitrogens is 2. The van der Waals surface area contributed by atoms with Crippen LogP contribution in [0.4, 0.5) is 27.9 Å². The Morgan fingerprint density at radius 2 is 2.00 bits per heavy atom. The van der Waals surface area contributed by atoms with Gasteiger partial charge in [-0.1, -0.05) is 0 Å². The molecule has 2 unspecified atom stereocenters. The maximum Gasteiger partial charge on any atom is 0.281 e. The number of anilines is 1. The fourth-order valence-corrected chi connectivity index (χ4v) is 3.53. The van der Waals surface area contributed by atoms with Gasteiger partial charge < -0.3 is 4.57 Å². The van der Waals surface area contributed by atoms with Gasteiger partial charge in [-0.2, -0.15) is 5.26 Å². The van der Waals surface area contributed by atoms with Crippen LogP contribution in [0.25, 0.3) is 11.0 Å². The third-order valence-corrected chi connectivity index (χ3v) is 5.28. The second-order valence-electron chi connectivity index (χ2n) is 8.40. The van der Waals surface area contributed by atoms with Crippen LogP contribution < -0.4 is 5.32 Å². The largest absolute Gasteiger partial charge is 0.302 e. The van der Waals surface area contributed by atoms with Gasteiger partial charge >= 0.3 is 0 Å². The molecular weight excluding hydrogens is 395 g/mol. The average molecular weight is 414 g/mol. The standard InChI is InChI=1S/C19H19F5N4O/c1-17(2,3)28-15-13(21)9(8-25)5-11(20)14(15)27-16(28)26-12(29)6-10-7-19(23,24)18(10,4)22/h5,10H,6-7H2,1-4H3,(H,26,27,29). The average Bonchev–Trinajstić information content (AvgIpc) is 2.97. The summed E-state index contributed by atoms with van der Waals surface area (Å²) in [7, 11) is 0. The van der Waals surface area contributed by atoms with Gasteiger partial charge in [-0.15, -0.1) is 0 Å². The van der Waals surface area contributed by atoms with E-state index in [1.165, 1.54) is 4.57 Å². The minimum Gasteiger partial charge on any atom is -0.302 e. The topological polar surface area (TPSA) is 70.7 Å². The number of amides is 1. The predicted molar refractivity (Wildman–Crippen MR) is 95.2 cm³/mol. The lowest BCUT2D eigenvalue weighted by Gasteiger charge is -2.47. The highest BCUT2D eigenvalue weighted by atomic mass is 19.3. The third kappa shape index (κ3) is 3.22. The Labute approximate surface area is 163 Å². The molecule has 3 rings (SSSR count). The first-order valence-corrected chi connectivity index (χ1v) is 8.88. The summed E-state index contributed by atoms with van der Waals surface area (Å²) >= 11 is 0. The molecule has 10 heteroatoms. The van der Waals surface area contributed by atoms with Crippen molar-refractivity contribution in [1.29, 1.82) is 5.26 Å². The first-order valence-electron chi connectivity index (χ1n) is 8.88. The van der Waals surface area contributed by atoms with Crippen molar-refractivity contribution in [3.63, 3.8) is 0 Å². The number of carbonyl (C=O) groups excluding carboxylic acids is 1. The molecule has 2 aromatic rings. The fourth-order valence-electron chi connectivity index (χ4n) is 3.53. The summed E-state index contributed by atoms with van der Waals surface area (Å²) in [5.41, 5.74) is -4.93. The molecule has 1 amide bonds. The van der Waals surface area contributed by atoms with E-state index in [4.69, 9.17) is 5.26 Å². The first-order chi connectivity index (χ1) is 13.2. The molecule has 1 N–H and O–H groups in total. The monoisotopic (exact) mass is 414 g/mol. The maximum absolute atomic E-state index is 14.8. The fraction of sp³-hybridized carbons (Fsp3) is 0.526. The SMILES string of the molecule is CC(C)(C)n1c(NC(=O)CC2CC(F)(F)C2(C)F)nc2c(F)cc(C#N)c(F)c21.